The van der Waals surface area contributed by atoms with Gasteiger partial charge in [0.25, 0.3) is 0 Å². The summed E-state index contributed by atoms with van der Waals surface area (Å²) in [7, 11) is 1.41. The number of thioether (sulfide) groups is 1. The number of benzene rings is 3. The van der Waals surface area contributed by atoms with Gasteiger partial charge in [-0.3, -0.25) is 4.79 Å². The van der Waals surface area contributed by atoms with E-state index >= 15 is 0 Å². The molecule has 0 saturated heterocycles. The molecule has 0 spiro atoms. The van der Waals surface area contributed by atoms with Gasteiger partial charge in [-0.25, -0.2) is 9.78 Å². The lowest BCUT2D eigenvalue weighted by molar-refractivity contribution is -0.147. The molecular weight excluding hydrogens is 554 g/mol. The van der Waals surface area contributed by atoms with Gasteiger partial charge in [0.15, 0.2) is 0 Å². The molecule has 1 fully saturated rings. The quantitative estimate of drug-likeness (QED) is 0.167. The summed E-state index contributed by atoms with van der Waals surface area (Å²) in [6, 6.07) is 25.8. The zero-order chi connectivity index (χ0) is 28.8. The summed E-state index contributed by atoms with van der Waals surface area (Å²) in [6.45, 7) is 1.47. The number of hydrogen-bond donors (Lipinski definition) is 0. The number of esters is 2. The van der Waals surface area contributed by atoms with Gasteiger partial charge in [-0.1, -0.05) is 72.3 Å². The first-order valence-electron chi connectivity index (χ1n) is 13.6. The number of carbonyl (C=O) groups is 2. The molecule has 1 saturated carbocycles. The van der Waals surface area contributed by atoms with Gasteiger partial charge in [0.2, 0.25) is 0 Å². The van der Waals surface area contributed by atoms with Crippen molar-refractivity contribution in [1.29, 1.82) is 0 Å². The molecule has 3 aromatic carbocycles. The van der Waals surface area contributed by atoms with Crippen molar-refractivity contribution in [1.82, 2.24) is 4.98 Å². The summed E-state index contributed by atoms with van der Waals surface area (Å²) < 4.78 is 10.7. The third-order valence-corrected chi connectivity index (χ3v) is 8.89. The molecule has 1 atom stereocenters. The zero-order valence-corrected chi connectivity index (χ0v) is 24.7. The fraction of sp³-hybridized carbons (Fsp3) is 0.265. The summed E-state index contributed by atoms with van der Waals surface area (Å²) in [5.74, 6) is 0.160. The molecule has 0 N–H and O–H groups in total. The Labute approximate surface area is 249 Å². The third-order valence-electron chi connectivity index (χ3n) is 7.16. The minimum atomic E-state index is -0.363. The maximum absolute atomic E-state index is 12.4. The normalized spacial score (nSPS) is 14.6. The van der Waals surface area contributed by atoms with Crippen LogP contribution in [-0.4, -0.2) is 40.6 Å². The second kappa shape index (κ2) is 12.9. The summed E-state index contributed by atoms with van der Waals surface area (Å²) >= 11 is 7.95. The van der Waals surface area contributed by atoms with Crippen LogP contribution in [0.3, 0.4) is 0 Å². The standard InChI is InChI=1S/C34H32ClNO4S/c1-23(37)40-34(16-17-34)22-41-30(20-27-8-3-4-9-31(27)33(38)39-2)19-25-7-5-6-24(18-25)10-14-29-15-12-26-11-13-28(35)21-32(26)36-29/h3-15,18,21,30H,16-17,19-20,22H2,1-2H3/t30-/m1/s1. The van der Waals surface area contributed by atoms with Crippen molar-refractivity contribution in [3.63, 3.8) is 0 Å². The molecule has 41 heavy (non-hydrogen) atoms. The van der Waals surface area contributed by atoms with E-state index in [0.29, 0.717) is 17.0 Å². The largest absolute Gasteiger partial charge is 0.465 e. The van der Waals surface area contributed by atoms with Crippen LogP contribution in [0.25, 0.3) is 23.1 Å². The minimum absolute atomic E-state index is 0.167. The van der Waals surface area contributed by atoms with E-state index < -0.39 is 0 Å². The van der Waals surface area contributed by atoms with Crippen LogP contribution in [0, 0.1) is 0 Å². The van der Waals surface area contributed by atoms with Crippen molar-refractivity contribution >= 4 is 58.4 Å². The lowest BCUT2D eigenvalue weighted by atomic mass is 9.98. The van der Waals surface area contributed by atoms with Crippen LogP contribution in [0.1, 0.15) is 52.5 Å². The number of pyridine rings is 1. The molecule has 5 rings (SSSR count). The van der Waals surface area contributed by atoms with Gasteiger partial charge in [0, 0.05) is 28.3 Å². The van der Waals surface area contributed by atoms with Crippen molar-refractivity contribution in [3.05, 3.63) is 112 Å². The molecule has 5 nitrogen and oxygen atoms in total. The summed E-state index contributed by atoms with van der Waals surface area (Å²) in [6.07, 6.45) is 7.34. The lowest BCUT2D eigenvalue weighted by Crippen LogP contribution is -2.24. The monoisotopic (exact) mass is 585 g/mol. The molecule has 210 valence electrons. The highest BCUT2D eigenvalue weighted by Gasteiger charge is 2.46. The molecule has 0 amide bonds. The number of aromatic nitrogens is 1. The second-order valence-electron chi connectivity index (χ2n) is 10.4. The number of rotatable bonds is 11. The zero-order valence-electron chi connectivity index (χ0n) is 23.1. The summed E-state index contributed by atoms with van der Waals surface area (Å²) in [4.78, 5) is 28.8. The van der Waals surface area contributed by atoms with Crippen molar-refractivity contribution in [2.75, 3.05) is 12.9 Å². The molecule has 4 aromatic rings. The highest BCUT2D eigenvalue weighted by Crippen LogP contribution is 2.43. The van der Waals surface area contributed by atoms with Gasteiger partial charge in [0.05, 0.1) is 23.9 Å². The third kappa shape index (κ3) is 7.78. The highest BCUT2D eigenvalue weighted by molar-refractivity contribution is 8.00. The van der Waals surface area contributed by atoms with Gasteiger partial charge in [-0.05, 0) is 72.7 Å². The molecule has 0 aliphatic heterocycles. The van der Waals surface area contributed by atoms with Gasteiger partial charge in [-0.2, -0.15) is 11.8 Å². The van der Waals surface area contributed by atoms with E-state index in [-0.39, 0.29) is 22.8 Å². The predicted octanol–water partition coefficient (Wildman–Crippen LogP) is 7.83. The Hall–Kier alpha value is -3.61. The summed E-state index contributed by atoms with van der Waals surface area (Å²) in [5.41, 5.74) is 5.16. The number of ether oxygens (including phenoxy) is 2. The van der Waals surface area contributed by atoms with Crippen molar-refractivity contribution < 1.29 is 19.1 Å². The number of methoxy groups -OCH3 is 1. The lowest BCUT2D eigenvalue weighted by Gasteiger charge is -2.22. The molecule has 0 unspecified atom stereocenters. The van der Waals surface area contributed by atoms with Crippen LogP contribution >= 0.6 is 23.4 Å². The fourth-order valence-electron chi connectivity index (χ4n) is 4.90. The number of carbonyl (C=O) groups excluding carboxylic acids is 2. The molecule has 1 heterocycles. The van der Waals surface area contributed by atoms with E-state index in [0.717, 1.165) is 52.7 Å². The SMILES string of the molecule is COC(=O)c1ccccc1C[C@@H](Cc1cccc(C=Cc2ccc3ccc(Cl)cc3n2)c1)SCC1(OC(C)=O)CC1. The van der Waals surface area contributed by atoms with Gasteiger partial charge in [0.1, 0.15) is 5.60 Å². The molecule has 7 heteroatoms. The Balaban J connectivity index is 1.34. The van der Waals surface area contributed by atoms with Gasteiger partial charge >= 0.3 is 11.9 Å². The van der Waals surface area contributed by atoms with Crippen LogP contribution in [0.5, 0.6) is 0 Å². The topological polar surface area (TPSA) is 65.5 Å². The van der Waals surface area contributed by atoms with E-state index in [2.05, 4.69) is 30.3 Å². The van der Waals surface area contributed by atoms with Gasteiger partial charge in [-0.15, -0.1) is 0 Å². The molecule has 1 aliphatic rings. The molecule has 0 radical (unpaired) electrons. The van der Waals surface area contributed by atoms with E-state index in [4.69, 9.17) is 26.1 Å². The Morgan fingerprint density at radius 1 is 1.00 bits per heavy atom. The van der Waals surface area contributed by atoms with Crippen LogP contribution < -0.4 is 0 Å². The van der Waals surface area contributed by atoms with Crippen molar-refractivity contribution in [3.8, 4) is 0 Å². The maximum Gasteiger partial charge on any atom is 0.338 e. The number of hydrogen-bond acceptors (Lipinski definition) is 6. The first-order chi connectivity index (χ1) is 19.8. The summed E-state index contributed by atoms with van der Waals surface area (Å²) in [5, 5.41) is 1.88. The van der Waals surface area contributed by atoms with Crippen LogP contribution in [0.2, 0.25) is 5.02 Å². The van der Waals surface area contributed by atoms with E-state index in [1.807, 2.05) is 60.7 Å². The molecule has 0 bridgehead atoms. The van der Waals surface area contributed by atoms with E-state index in [9.17, 15) is 9.59 Å². The van der Waals surface area contributed by atoms with Crippen LogP contribution in [-0.2, 0) is 27.1 Å². The maximum atomic E-state index is 12.4. The Morgan fingerprint density at radius 2 is 1.80 bits per heavy atom. The first-order valence-corrected chi connectivity index (χ1v) is 15.1. The van der Waals surface area contributed by atoms with E-state index in [1.165, 1.54) is 19.6 Å². The van der Waals surface area contributed by atoms with Crippen LogP contribution in [0.15, 0.2) is 78.9 Å². The first kappa shape index (κ1) is 28.9. The minimum Gasteiger partial charge on any atom is -0.465 e. The van der Waals surface area contributed by atoms with Crippen molar-refractivity contribution in [2.24, 2.45) is 0 Å². The second-order valence-corrected chi connectivity index (χ2v) is 12.1. The predicted molar refractivity (Wildman–Crippen MR) is 167 cm³/mol. The number of halogens is 1. The molecule has 1 aromatic heterocycles. The number of nitrogens with zero attached hydrogens (tertiary/aromatic N) is 1. The Bertz CT molecular complexity index is 1600. The Kier molecular flexibility index (Phi) is 9.11. The average molecular weight is 586 g/mol. The molecule has 1 aliphatic carbocycles. The van der Waals surface area contributed by atoms with Gasteiger partial charge < -0.3 is 9.47 Å². The number of fused-ring (bicyclic) bond motifs is 1. The Morgan fingerprint density at radius 3 is 2.59 bits per heavy atom. The van der Waals surface area contributed by atoms with Crippen molar-refractivity contribution in [2.45, 2.75) is 43.5 Å². The highest BCUT2D eigenvalue weighted by atomic mass is 35.5. The average Bonchev–Trinajstić information content (AvgIpc) is 3.73. The van der Waals surface area contributed by atoms with Crippen LogP contribution in [0.4, 0.5) is 0 Å². The fourth-order valence-corrected chi connectivity index (χ4v) is 6.56. The smallest absolute Gasteiger partial charge is 0.338 e. The van der Waals surface area contributed by atoms with E-state index in [1.54, 1.807) is 11.8 Å². The molecular formula is C34H32ClNO4S.